The number of thiophene rings is 1. The summed E-state index contributed by atoms with van der Waals surface area (Å²) in [5.74, 6) is -0.104. The Morgan fingerprint density at radius 2 is 2.04 bits per heavy atom. The van der Waals surface area contributed by atoms with E-state index in [4.69, 9.17) is 9.26 Å². The zero-order valence-electron chi connectivity index (χ0n) is 15.4. The lowest BCUT2D eigenvalue weighted by atomic mass is 10.2. The molecule has 0 saturated carbocycles. The number of hydrogen-bond donors (Lipinski definition) is 0. The minimum absolute atomic E-state index is 0.0446. The monoisotopic (exact) mass is 421 g/mol. The molecule has 0 atom stereocenters. The topological polar surface area (TPSA) is 103 Å². The first-order valence-electron chi connectivity index (χ1n) is 8.58. The molecule has 10 heteroatoms. The van der Waals surface area contributed by atoms with Gasteiger partial charge in [-0.25, -0.2) is 13.2 Å². The second kappa shape index (κ2) is 8.63. The second-order valence-electron chi connectivity index (χ2n) is 5.72. The lowest BCUT2D eigenvalue weighted by Crippen LogP contribution is -2.30. The highest BCUT2D eigenvalue weighted by Gasteiger charge is 2.23. The van der Waals surface area contributed by atoms with E-state index in [2.05, 4.69) is 10.1 Å². The van der Waals surface area contributed by atoms with Crippen molar-refractivity contribution in [2.24, 2.45) is 0 Å². The van der Waals surface area contributed by atoms with Crippen LogP contribution in [-0.4, -0.2) is 41.9 Å². The maximum Gasteiger partial charge on any atom is 0.338 e. The van der Waals surface area contributed by atoms with Crippen molar-refractivity contribution in [3.63, 3.8) is 0 Å². The fourth-order valence-corrected chi connectivity index (χ4v) is 4.67. The van der Waals surface area contributed by atoms with Crippen LogP contribution in [0, 0.1) is 0 Å². The van der Waals surface area contributed by atoms with E-state index in [0.29, 0.717) is 18.9 Å². The summed E-state index contributed by atoms with van der Waals surface area (Å²) in [7, 11) is -3.66. The van der Waals surface area contributed by atoms with Crippen molar-refractivity contribution in [3.05, 3.63) is 52.5 Å². The van der Waals surface area contributed by atoms with Crippen LogP contribution in [0.2, 0.25) is 0 Å². The highest BCUT2D eigenvalue weighted by molar-refractivity contribution is 7.89. The maximum absolute atomic E-state index is 12.6. The number of sulfonamides is 1. The fraction of sp³-hybridized carbons (Fsp3) is 0.278. The normalized spacial score (nSPS) is 11.7. The summed E-state index contributed by atoms with van der Waals surface area (Å²) in [6, 6.07) is 7.62. The zero-order valence-corrected chi connectivity index (χ0v) is 17.0. The number of esters is 1. The average molecular weight is 422 g/mol. The number of carbonyl (C=O) groups excluding carboxylic acids is 1. The Balaban J connectivity index is 1.70. The smallest absolute Gasteiger partial charge is 0.338 e. The SMILES string of the molecule is CCN(CC)S(=O)(=O)c1cccc(C(=O)OCc2nc(-c3ccsc3)no2)c1. The molecule has 0 saturated heterocycles. The number of rotatable bonds is 8. The van der Waals surface area contributed by atoms with Crippen LogP contribution < -0.4 is 0 Å². The van der Waals surface area contributed by atoms with E-state index in [9.17, 15) is 13.2 Å². The maximum atomic E-state index is 12.6. The second-order valence-corrected chi connectivity index (χ2v) is 8.44. The fourth-order valence-electron chi connectivity index (χ4n) is 2.53. The molecular weight excluding hydrogens is 402 g/mol. The Labute approximate surface area is 166 Å². The largest absolute Gasteiger partial charge is 0.452 e. The van der Waals surface area contributed by atoms with Gasteiger partial charge in [0.2, 0.25) is 15.8 Å². The van der Waals surface area contributed by atoms with Crippen LogP contribution >= 0.6 is 11.3 Å². The third-order valence-electron chi connectivity index (χ3n) is 3.99. The molecule has 0 unspecified atom stereocenters. The van der Waals surface area contributed by atoms with Crippen molar-refractivity contribution in [3.8, 4) is 11.4 Å². The Hall–Kier alpha value is -2.56. The molecule has 1 aromatic carbocycles. The van der Waals surface area contributed by atoms with Gasteiger partial charge in [0.05, 0.1) is 10.5 Å². The van der Waals surface area contributed by atoms with Gasteiger partial charge in [-0.2, -0.15) is 20.6 Å². The highest BCUT2D eigenvalue weighted by Crippen LogP contribution is 2.20. The first-order chi connectivity index (χ1) is 13.5. The van der Waals surface area contributed by atoms with Crippen LogP contribution in [0.25, 0.3) is 11.4 Å². The van der Waals surface area contributed by atoms with Gasteiger partial charge in [-0.15, -0.1) is 0 Å². The van der Waals surface area contributed by atoms with Gasteiger partial charge in [0.1, 0.15) is 0 Å². The first kappa shape index (κ1) is 20.2. The molecule has 8 nitrogen and oxygen atoms in total. The summed E-state index contributed by atoms with van der Waals surface area (Å²) in [5, 5.41) is 7.61. The Kier molecular flexibility index (Phi) is 6.22. The van der Waals surface area contributed by atoms with Crippen LogP contribution in [-0.2, 0) is 21.4 Å². The molecule has 0 aliphatic rings. The summed E-state index contributed by atoms with van der Waals surface area (Å²) in [5.41, 5.74) is 0.950. The zero-order chi connectivity index (χ0) is 20.1. The molecule has 0 fully saturated rings. The molecule has 0 amide bonds. The number of aromatic nitrogens is 2. The average Bonchev–Trinajstić information content (AvgIpc) is 3.38. The van der Waals surface area contributed by atoms with Crippen LogP contribution in [0.4, 0.5) is 0 Å². The molecule has 2 heterocycles. The number of hydrogen-bond acceptors (Lipinski definition) is 8. The number of ether oxygens (including phenoxy) is 1. The van der Waals surface area contributed by atoms with Gasteiger partial charge in [-0.05, 0) is 29.6 Å². The molecule has 0 spiro atoms. The summed E-state index contributed by atoms with van der Waals surface area (Å²) in [4.78, 5) is 16.5. The first-order valence-corrected chi connectivity index (χ1v) is 11.0. The van der Waals surface area contributed by atoms with Crippen molar-refractivity contribution in [2.75, 3.05) is 13.1 Å². The van der Waals surface area contributed by atoms with E-state index in [1.54, 1.807) is 13.8 Å². The van der Waals surface area contributed by atoms with Crippen molar-refractivity contribution in [2.45, 2.75) is 25.3 Å². The highest BCUT2D eigenvalue weighted by atomic mass is 32.2. The van der Waals surface area contributed by atoms with Crippen LogP contribution in [0.15, 0.2) is 50.5 Å². The summed E-state index contributed by atoms with van der Waals surface area (Å²) in [6.07, 6.45) is 0. The van der Waals surface area contributed by atoms with Gasteiger partial charge in [0, 0.05) is 24.0 Å². The molecule has 148 valence electrons. The summed E-state index contributed by atoms with van der Waals surface area (Å²) >= 11 is 1.51. The third-order valence-corrected chi connectivity index (χ3v) is 6.72. The van der Waals surface area contributed by atoms with E-state index in [1.165, 1.54) is 39.9 Å². The Morgan fingerprint density at radius 3 is 2.71 bits per heavy atom. The van der Waals surface area contributed by atoms with E-state index in [-0.39, 0.29) is 23.0 Å². The van der Waals surface area contributed by atoms with Crippen LogP contribution in [0.1, 0.15) is 30.1 Å². The van der Waals surface area contributed by atoms with Crippen molar-refractivity contribution in [1.82, 2.24) is 14.4 Å². The van der Waals surface area contributed by atoms with Crippen LogP contribution in [0.3, 0.4) is 0 Å². The minimum Gasteiger partial charge on any atom is -0.452 e. The van der Waals surface area contributed by atoms with Crippen molar-refractivity contribution >= 4 is 27.3 Å². The molecular formula is C18H19N3O5S2. The quantitative estimate of drug-likeness (QED) is 0.515. The van der Waals surface area contributed by atoms with E-state index < -0.39 is 16.0 Å². The van der Waals surface area contributed by atoms with Crippen molar-refractivity contribution in [1.29, 1.82) is 0 Å². The van der Waals surface area contributed by atoms with Gasteiger partial charge < -0.3 is 9.26 Å². The molecule has 0 aliphatic heterocycles. The van der Waals surface area contributed by atoms with Gasteiger partial charge in [-0.3, -0.25) is 0 Å². The third kappa shape index (κ3) is 4.29. The summed E-state index contributed by atoms with van der Waals surface area (Å²) < 4.78 is 36.8. The predicted octanol–water partition coefficient (Wildman–Crippen LogP) is 3.19. The molecule has 0 aliphatic carbocycles. The molecule has 28 heavy (non-hydrogen) atoms. The molecule has 2 aromatic heterocycles. The van der Waals surface area contributed by atoms with E-state index >= 15 is 0 Å². The van der Waals surface area contributed by atoms with Gasteiger partial charge in [0.25, 0.3) is 5.89 Å². The van der Waals surface area contributed by atoms with Crippen LogP contribution in [0.5, 0.6) is 0 Å². The Bertz CT molecular complexity index is 1040. The van der Waals surface area contributed by atoms with Gasteiger partial charge >= 0.3 is 5.97 Å². The standard InChI is InChI=1S/C18H19N3O5S2/c1-3-21(4-2)28(23,24)15-7-5-6-13(10-15)18(22)25-11-16-19-17(20-26-16)14-8-9-27-12-14/h5-10,12H,3-4,11H2,1-2H3. The van der Waals surface area contributed by atoms with Crippen molar-refractivity contribution < 1.29 is 22.5 Å². The predicted molar refractivity (Wildman–Crippen MR) is 103 cm³/mol. The molecule has 0 radical (unpaired) electrons. The summed E-state index contributed by atoms with van der Waals surface area (Å²) in [6.45, 7) is 4.00. The number of carbonyl (C=O) groups is 1. The lowest BCUT2D eigenvalue weighted by Gasteiger charge is -2.18. The lowest BCUT2D eigenvalue weighted by molar-refractivity contribution is 0.0429. The molecule has 0 bridgehead atoms. The van der Waals surface area contributed by atoms with E-state index in [1.807, 2.05) is 16.8 Å². The number of benzene rings is 1. The Morgan fingerprint density at radius 1 is 1.25 bits per heavy atom. The van der Waals surface area contributed by atoms with Gasteiger partial charge in [0.15, 0.2) is 6.61 Å². The number of nitrogens with zero attached hydrogens (tertiary/aromatic N) is 3. The molecule has 3 aromatic rings. The van der Waals surface area contributed by atoms with Gasteiger partial charge in [-0.1, -0.05) is 25.1 Å². The molecule has 0 N–H and O–H groups in total. The molecule has 3 rings (SSSR count). The minimum atomic E-state index is -3.66. The van der Waals surface area contributed by atoms with E-state index in [0.717, 1.165) is 5.56 Å².